The van der Waals surface area contributed by atoms with Gasteiger partial charge < -0.3 is 5.32 Å². The molecule has 0 spiro atoms. The van der Waals surface area contributed by atoms with Crippen LogP contribution < -0.4 is 15.4 Å². The van der Waals surface area contributed by atoms with Crippen LogP contribution in [0, 0.1) is 0 Å². The van der Waals surface area contributed by atoms with Crippen LogP contribution in [-0.2, 0) is 10.0 Å². The van der Waals surface area contributed by atoms with E-state index in [0.717, 1.165) is 10.1 Å². The number of anilines is 1. The van der Waals surface area contributed by atoms with Gasteiger partial charge in [0.25, 0.3) is 5.91 Å². The highest BCUT2D eigenvalue weighted by Crippen LogP contribution is 2.34. The molecule has 3 aromatic rings. The first kappa shape index (κ1) is 21.7. The number of rotatable bonds is 6. The number of sulfonamides is 1. The zero-order chi connectivity index (χ0) is 21.0. The van der Waals surface area contributed by atoms with Crippen molar-refractivity contribution in [2.45, 2.75) is 18.2 Å². The van der Waals surface area contributed by atoms with Crippen LogP contribution in [0.2, 0.25) is 5.02 Å². The van der Waals surface area contributed by atoms with Crippen molar-refractivity contribution < 1.29 is 13.2 Å². The number of fused-ring (bicyclic) bond motifs is 1. The second-order valence-corrected chi connectivity index (χ2v) is 9.68. The van der Waals surface area contributed by atoms with Crippen molar-refractivity contribution in [2.75, 3.05) is 11.9 Å². The van der Waals surface area contributed by atoms with Crippen LogP contribution in [0.1, 0.15) is 23.0 Å². The van der Waals surface area contributed by atoms with E-state index in [1.165, 1.54) is 23.5 Å². The molecule has 0 bridgehead atoms. The van der Waals surface area contributed by atoms with Crippen LogP contribution in [0.5, 0.6) is 0 Å². The van der Waals surface area contributed by atoms with Crippen molar-refractivity contribution in [1.82, 2.24) is 10.0 Å². The summed E-state index contributed by atoms with van der Waals surface area (Å²) in [5, 5.41) is 6.75. The zero-order valence-corrected chi connectivity index (χ0v) is 18.6. The lowest BCUT2D eigenvalue weighted by molar-refractivity contribution is 0.0982. The highest BCUT2D eigenvalue weighted by atomic mass is 35.5. The molecule has 0 fully saturated rings. The van der Waals surface area contributed by atoms with E-state index in [1.807, 2.05) is 31.2 Å². The molecule has 1 heterocycles. The van der Waals surface area contributed by atoms with Gasteiger partial charge >= 0.3 is 0 Å². The zero-order valence-electron chi connectivity index (χ0n) is 15.4. The average molecular weight is 468 g/mol. The number of thiophene rings is 1. The molecule has 0 atom stereocenters. The quantitative estimate of drug-likeness (QED) is 0.468. The Morgan fingerprint density at radius 1 is 1.14 bits per heavy atom. The number of nitrogens with one attached hydrogen (secondary N) is 3. The van der Waals surface area contributed by atoms with Gasteiger partial charge in [-0.25, -0.2) is 13.1 Å². The summed E-state index contributed by atoms with van der Waals surface area (Å²) in [5.41, 5.74) is 0.548. The van der Waals surface area contributed by atoms with E-state index in [4.69, 9.17) is 23.8 Å². The van der Waals surface area contributed by atoms with Gasteiger partial charge in [0.2, 0.25) is 10.0 Å². The predicted molar refractivity (Wildman–Crippen MR) is 122 cm³/mol. The van der Waals surface area contributed by atoms with E-state index in [1.54, 1.807) is 12.1 Å². The number of carbonyl (C=O) groups excluding carboxylic acids is 1. The van der Waals surface area contributed by atoms with Crippen LogP contribution in [-0.4, -0.2) is 26.0 Å². The molecule has 3 rings (SSSR count). The van der Waals surface area contributed by atoms with Gasteiger partial charge in [0.05, 0.1) is 9.92 Å². The van der Waals surface area contributed by atoms with Gasteiger partial charge in [-0.15, -0.1) is 11.3 Å². The third kappa shape index (κ3) is 5.12. The third-order valence-corrected chi connectivity index (χ3v) is 7.29. The van der Waals surface area contributed by atoms with Crippen LogP contribution in [0.3, 0.4) is 0 Å². The molecular formula is C19H18ClN3O3S3. The molecule has 6 nitrogen and oxygen atoms in total. The molecule has 2 aromatic carbocycles. The fourth-order valence-electron chi connectivity index (χ4n) is 2.52. The number of thiocarbonyl (C=S) groups is 1. The summed E-state index contributed by atoms with van der Waals surface area (Å²) in [5.74, 6) is -0.406. The summed E-state index contributed by atoms with van der Waals surface area (Å²) in [6.45, 7) is 2.26. The summed E-state index contributed by atoms with van der Waals surface area (Å²) in [4.78, 5) is 13.1. The van der Waals surface area contributed by atoms with Crippen LogP contribution in [0.15, 0.2) is 53.4 Å². The predicted octanol–water partition coefficient (Wildman–Crippen LogP) is 4.37. The van der Waals surface area contributed by atoms with E-state index in [2.05, 4.69) is 15.4 Å². The highest BCUT2D eigenvalue weighted by Gasteiger charge is 2.18. The maximum atomic E-state index is 12.5. The summed E-state index contributed by atoms with van der Waals surface area (Å²) >= 11 is 12.8. The lowest BCUT2D eigenvalue weighted by atomic mass is 10.2. The number of amides is 1. The topological polar surface area (TPSA) is 87.3 Å². The van der Waals surface area contributed by atoms with Crippen LogP contribution in [0.4, 0.5) is 5.69 Å². The van der Waals surface area contributed by atoms with E-state index >= 15 is 0 Å². The lowest BCUT2D eigenvalue weighted by Crippen LogP contribution is -2.33. The Bertz CT molecular complexity index is 1160. The van der Waals surface area contributed by atoms with Crippen LogP contribution >= 0.6 is 35.2 Å². The first-order chi connectivity index (χ1) is 13.8. The number of halogens is 1. The highest BCUT2D eigenvalue weighted by molar-refractivity contribution is 7.89. The van der Waals surface area contributed by atoms with Gasteiger partial charge in [-0.3, -0.25) is 10.1 Å². The van der Waals surface area contributed by atoms with Crippen molar-refractivity contribution in [3.63, 3.8) is 0 Å². The molecule has 29 heavy (non-hydrogen) atoms. The SMILES string of the molecule is CCCNS(=O)(=O)c1ccc(NC(=S)NC(=O)c2sc3ccccc3c2Cl)cc1. The fraction of sp³-hybridized carbons (Fsp3) is 0.158. The molecule has 152 valence electrons. The van der Waals surface area contributed by atoms with E-state index in [-0.39, 0.29) is 10.0 Å². The van der Waals surface area contributed by atoms with Crippen LogP contribution in [0.25, 0.3) is 10.1 Å². The first-order valence-corrected chi connectivity index (χ1v) is 11.8. The maximum Gasteiger partial charge on any atom is 0.269 e. The minimum absolute atomic E-state index is 0.0863. The molecule has 0 aliphatic heterocycles. The molecule has 0 saturated carbocycles. The summed E-state index contributed by atoms with van der Waals surface area (Å²) in [7, 11) is -3.53. The molecular weight excluding hydrogens is 450 g/mol. The van der Waals surface area contributed by atoms with Crippen molar-refractivity contribution in [1.29, 1.82) is 0 Å². The minimum Gasteiger partial charge on any atom is -0.332 e. The Kier molecular flexibility index (Phi) is 6.86. The normalized spacial score (nSPS) is 11.4. The van der Waals surface area contributed by atoms with Gasteiger partial charge in [-0.2, -0.15) is 0 Å². The summed E-state index contributed by atoms with van der Waals surface area (Å²) in [6.07, 6.45) is 0.705. The molecule has 3 N–H and O–H groups in total. The van der Waals surface area contributed by atoms with Gasteiger partial charge in [0.1, 0.15) is 4.88 Å². The average Bonchev–Trinajstić information content (AvgIpc) is 3.04. The van der Waals surface area contributed by atoms with Gasteiger partial charge in [-0.1, -0.05) is 36.7 Å². The summed E-state index contributed by atoms with van der Waals surface area (Å²) < 4.78 is 27.6. The Hall–Kier alpha value is -2.04. The van der Waals surface area contributed by atoms with Crippen molar-refractivity contribution in [3.05, 3.63) is 58.4 Å². The van der Waals surface area contributed by atoms with E-state index < -0.39 is 15.9 Å². The van der Waals surface area contributed by atoms with Crippen molar-refractivity contribution in [3.8, 4) is 0 Å². The monoisotopic (exact) mass is 467 g/mol. The number of hydrogen-bond donors (Lipinski definition) is 3. The Morgan fingerprint density at radius 2 is 1.83 bits per heavy atom. The van der Waals surface area contributed by atoms with E-state index in [9.17, 15) is 13.2 Å². The molecule has 0 saturated heterocycles. The number of benzene rings is 2. The van der Waals surface area contributed by atoms with Gasteiger partial charge in [0.15, 0.2) is 5.11 Å². The molecule has 0 radical (unpaired) electrons. The van der Waals surface area contributed by atoms with Crippen molar-refractivity contribution >= 4 is 72.0 Å². The minimum atomic E-state index is -3.53. The van der Waals surface area contributed by atoms with Gasteiger partial charge in [0, 0.05) is 22.3 Å². The van der Waals surface area contributed by atoms with Crippen molar-refractivity contribution in [2.24, 2.45) is 0 Å². The molecule has 0 unspecified atom stereocenters. The smallest absolute Gasteiger partial charge is 0.269 e. The molecule has 1 aromatic heterocycles. The maximum absolute atomic E-state index is 12.5. The fourth-order valence-corrected chi connectivity index (χ4v) is 5.28. The second-order valence-electron chi connectivity index (χ2n) is 6.07. The Balaban J connectivity index is 1.66. The van der Waals surface area contributed by atoms with E-state index in [0.29, 0.717) is 28.6 Å². The molecule has 10 heteroatoms. The Morgan fingerprint density at radius 3 is 2.48 bits per heavy atom. The number of hydrogen-bond acceptors (Lipinski definition) is 5. The summed E-state index contributed by atoms with van der Waals surface area (Å²) in [6, 6.07) is 13.6. The third-order valence-electron chi connectivity index (χ3n) is 3.93. The largest absolute Gasteiger partial charge is 0.332 e. The Labute approximate surface area is 183 Å². The lowest BCUT2D eigenvalue weighted by Gasteiger charge is -2.10. The standard InChI is InChI=1S/C19H18ClN3O3S3/c1-2-11-21-29(25,26)13-9-7-12(8-10-13)22-19(27)23-18(24)17-16(20)14-5-3-4-6-15(14)28-17/h3-10,21H,2,11H2,1H3,(H2,22,23,24,27). The number of carbonyl (C=O) groups is 1. The first-order valence-electron chi connectivity index (χ1n) is 8.71. The molecule has 0 aliphatic rings. The molecule has 0 aliphatic carbocycles. The van der Waals surface area contributed by atoms with Gasteiger partial charge in [-0.05, 0) is 49.0 Å². The molecule has 1 amide bonds. The second kappa shape index (κ2) is 9.19.